The van der Waals surface area contributed by atoms with Crippen LogP contribution in [0.2, 0.25) is 0 Å². The van der Waals surface area contributed by atoms with Crippen LogP contribution in [-0.4, -0.2) is 13.1 Å². The highest BCUT2D eigenvalue weighted by molar-refractivity contribution is 5.19. The molecule has 0 aromatic heterocycles. The SMILES string of the molecule is CC1CCC/C(=C2\CCCNC2)C1. The molecule has 13 heavy (non-hydrogen) atoms. The summed E-state index contributed by atoms with van der Waals surface area (Å²) in [7, 11) is 0. The molecular formula is C12H21N. The minimum absolute atomic E-state index is 0.943. The normalized spacial score (nSPS) is 36.2. The van der Waals surface area contributed by atoms with E-state index in [-0.39, 0.29) is 0 Å². The van der Waals surface area contributed by atoms with E-state index in [2.05, 4.69) is 12.2 Å². The summed E-state index contributed by atoms with van der Waals surface area (Å²) >= 11 is 0. The molecule has 2 rings (SSSR count). The van der Waals surface area contributed by atoms with Crippen molar-refractivity contribution in [3.63, 3.8) is 0 Å². The third-order valence-corrected chi connectivity index (χ3v) is 3.44. The van der Waals surface area contributed by atoms with Crippen LogP contribution in [0.5, 0.6) is 0 Å². The van der Waals surface area contributed by atoms with Crippen molar-refractivity contribution in [3.8, 4) is 0 Å². The van der Waals surface area contributed by atoms with E-state index in [0.29, 0.717) is 0 Å². The maximum Gasteiger partial charge on any atom is 0.0167 e. The van der Waals surface area contributed by atoms with E-state index in [9.17, 15) is 0 Å². The summed E-state index contributed by atoms with van der Waals surface area (Å²) in [5.74, 6) is 0.943. The monoisotopic (exact) mass is 179 g/mol. The van der Waals surface area contributed by atoms with Crippen LogP contribution in [0.3, 0.4) is 0 Å². The number of hydrogen-bond acceptors (Lipinski definition) is 1. The average molecular weight is 179 g/mol. The Morgan fingerprint density at radius 1 is 1.15 bits per heavy atom. The van der Waals surface area contributed by atoms with Gasteiger partial charge in [-0.2, -0.15) is 0 Å². The lowest BCUT2D eigenvalue weighted by Gasteiger charge is -2.26. The van der Waals surface area contributed by atoms with Gasteiger partial charge in [0, 0.05) is 6.54 Å². The highest BCUT2D eigenvalue weighted by Crippen LogP contribution is 2.31. The zero-order chi connectivity index (χ0) is 9.10. The van der Waals surface area contributed by atoms with Gasteiger partial charge in [-0.25, -0.2) is 0 Å². The van der Waals surface area contributed by atoms with E-state index in [0.717, 1.165) is 5.92 Å². The van der Waals surface area contributed by atoms with Gasteiger partial charge >= 0.3 is 0 Å². The maximum atomic E-state index is 3.49. The van der Waals surface area contributed by atoms with Crippen LogP contribution in [0.15, 0.2) is 11.1 Å². The standard InChI is InChI=1S/C12H21N/c1-10-4-2-5-11(8-10)12-6-3-7-13-9-12/h10,13H,2-9H2,1H3/b12-11-. The van der Waals surface area contributed by atoms with Gasteiger partial charge in [-0.15, -0.1) is 0 Å². The van der Waals surface area contributed by atoms with Gasteiger partial charge in [0.1, 0.15) is 0 Å². The second kappa shape index (κ2) is 4.28. The zero-order valence-electron chi connectivity index (χ0n) is 8.73. The van der Waals surface area contributed by atoms with E-state index in [1.54, 1.807) is 11.1 Å². The predicted molar refractivity (Wildman–Crippen MR) is 56.8 cm³/mol. The smallest absolute Gasteiger partial charge is 0.0167 e. The second-order valence-electron chi connectivity index (χ2n) is 4.69. The van der Waals surface area contributed by atoms with Crippen molar-refractivity contribution in [2.24, 2.45) is 5.92 Å². The van der Waals surface area contributed by atoms with Crippen LogP contribution in [-0.2, 0) is 0 Å². The molecule has 1 heteroatoms. The van der Waals surface area contributed by atoms with Crippen LogP contribution >= 0.6 is 0 Å². The summed E-state index contributed by atoms with van der Waals surface area (Å²) in [6, 6.07) is 0. The van der Waals surface area contributed by atoms with Crippen LogP contribution in [0, 0.1) is 5.92 Å². The Morgan fingerprint density at radius 2 is 2.00 bits per heavy atom. The number of piperidine rings is 1. The molecule has 1 atom stereocenters. The van der Waals surface area contributed by atoms with Crippen molar-refractivity contribution in [3.05, 3.63) is 11.1 Å². The molecule has 0 radical (unpaired) electrons. The number of hydrogen-bond donors (Lipinski definition) is 1. The van der Waals surface area contributed by atoms with E-state index >= 15 is 0 Å². The summed E-state index contributed by atoms with van der Waals surface area (Å²) in [5, 5.41) is 3.49. The molecule has 1 saturated heterocycles. The van der Waals surface area contributed by atoms with Gasteiger partial charge < -0.3 is 5.32 Å². The van der Waals surface area contributed by atoms with Crippen molar-refractivity contribution < 1.29 is 0 Å². The molecule has 74 valence electrons. The molecule has 0 aromatic rings. The first kappa shape index (κ1) is 9.26. The Morgan fingerprint density at radius 3 is 2.69 bits per heavy atom. The lowest BCUT2D eigenvalue weighted by atomic mass is 9.83. The van der Waals surface area contributed by atoms with E-state index in [1.165, 1.54) is 51.6 Å². The minimum Gasteiger partial charge on any atom is -0.313 e. The molecule has 1 aliphatic heterocycles. The van der Waals surface area contributed by atoms with Crippen molar-refractivity contribution in [2.75, 3.05) is 13.1 Å². The molecule has 0 bridgehead atoms. The quantitative estimate of drug-likeness (QED) is 0.564. The van der Waals surface area contributed by atoms with Gasteiger partial charge in [-0.05, 0) is 44.6 Å². The number of allylic oxidation sites excluding steroid dienone is 1. The molecule has 1 heterocycles. The van der Waals surface area contributed by atoms with Gasteiger partial charge in [-0.3, -0.25) is 0 Å². The fraction of sp³-hybridized carbons (Fsp3) is 0.833. The van der Waals surface area contributed by atoms with E-state index in [4.69, 9.17) is 0 Å². The lowest BCUT2D eigenvalue weighted by molar-refractivity contribution is 0.443. The van der Waals surface area contributed by atoms with Gasteiger partial charge in [-0.1, -0.05) is 24.5 Å². The highest BCUT2D eigenvalue weighted by atomic mass is 14.9. The first-order valence-corrected chi connectivity index (χ1v) is 5.77. The molecule has 1 aliphatic carbocycles. The Hall–Kier alpha value is -0.300. The molecule has 0 amide bonds. The summed E-state index contributed by atoms with van der Waals surface area (Å²) in [5.41, 5.74) is 3.55. The fourth-order valence-electron chi connectivity index (χ4n) is 2.67. The van der Waals surface area contributed by atoms with Crippen LogP contribution in [0.4, 0.5) is 0 Å². The van der Waals surface area contributed by atoms with Gasteiger partial charge in [0.2, 0.25) is 0 Å². The highest BCUT2D eigenvalue weighted by Gasteiger charge is 2.17. The molecule has 1 N–H and O–H groups in total. The van der Waals surface area contributed by atoms with Gasteiger partial charge in [0.25, 0.3) is 0 Å². The van der Waals surface area contributed by atoms with Gasteiger partial charge in [0.15, 0.2) is 0 Å². The number of rotatable bonds is 0. The molecule has 1 unspecified atom stereocenters. The largest absolute Gasteiger partial charge is 0.313 e. The third-order valence-electron chi connectivity index (χ3n) is 3.44. The van der Waals surface area contributed by atoms with E-state index < -0.39 is 0 Å². The topological polar surface area (TPSA) is 12.0 Å². The average Bonchev–Trinajstić information content (AvgIpc) is 2.19. The second-order valence-corrected chi connectivity index (χ2v) is 4.69. The Balaban J connectivity index is 2.02. The third kappa shape index (κ3) is 2.34. The summed E-state index contributed by atoms with van der Waals surface area (Å²) in [6.07, 6.45) is 8.38. The predicted octanol–water partition coefficient (Wildman–Crippen LogP) is 2.88. The summed E-state index contributed by atoms with van der Waals surface area (Å²) in [6.45, 7) is 4.81. The molecule has 0 spiro atoms. The van der Waals surface area contributed by atoms with Crippen molar-refractivity contribution in [1.82, 2.24) is 5.32 Å². The Kier molecular flexibility index (Phi) is 3.05. The molecular weight excluding hydrogens is 158 g/mol. The van der Waals surface area contributed by atoms with Crippen LogP contribution in [0.25, 0.3) is 0 Å². The maximum absolute atomic E-state index is 3.49. The van der Waals surface area contributed by atoms with Crippen LogP contribution in [0.1, 0.15) is 45.4 Å². The molecule has 0 aromatic carbocycles. The Bertz CT molecular complexity index is 197. The van der Waals surface area contributed by atoms with Gasteiger partial charge in [0.05, 0.1) is 0 Å². The fourth-order valence-corrected chi connectivity index (χ4v) is 2.67. The Labute approximate surface area is 81.6 Å². The molecule has 1 nitrogen and oxygen atoms in total. The first-order valence-electron chi connectivity index (χ1n) is 5.77. The lowest BCUT2D eigenvalue weighted by Crippen LogP contribution is -2.25. The number of nitrogens with one attached hydrogen (secondary N) is 1. The summed E-state index contributed by atoms with van der Waals surface area (Å²) < 4.78 is 0. The van der Waals surface area contributed by atoms with Crippen molar-refractivity contribution in [2.45, 2.75) is 45.4 Å². The minimum atomic E-state index is 0.943. The summed E-state index contributed by atoms with van der Waals surface area (Å²) in [4.78, 5) is 0. The first-order chi connectivity index (χ1) is 6.36. The molecule has 2 aliphatic rings. The molecule has 1 saturated carbocycles. The van der Waals surface area contributed by atoms with Crippen molar-refractivity contribution >= 4 is 0 Å². The zero-order valence-corrected chi connectivity index (χ0v) is 8.73. The van der Waals surface area contributed by atoms with E-state index in [1.807, 2.05) is 0 Å². The van der Waals surface area contributed by atoms with Crippen LogP contribution < -0.4 is 5.32 Å². The van der Waals surface area contributed by atoms with Crippen molar-refractivity contribution in [1.29, 1.82) is 0 Å². The molecule has 2 fully saturated rings.